The average molecular weight is 479 g/mol. The molecule has 2 amide bonds. The fraction of sp³-hybridized carbons (Fsp3) is 0.500. The second-order valence-corrected chi connectivity index (χ2v) is 11.5. The number of benzene rings is 1. The SMILES string of the molecule is CS(=O)(=O)CC(=O)Nc1c2c(nn1CCC1CC1)C[C@]1(CCc3cc(F)cc(F)c31)NC2=O. The van der Waals surface area contributed by atoms with E-state index in [-0.39, 0.29) is 23.4 Å². The number of nitrogens with one attached hydrogen (secondary N) is 2. The number of halogens is 2. The topological polar surface area (TPSA) is 110 Å². The molecule has 8 nitrogen and oxygen atoms in total. The number of carbonyl (C=O) groups excluding carboxylic acids is 2. The third kappa shape index (κ3) is 4.14. The molecule has 2 aromatic rings. The highest BCUT2D eigenvalue weighted by Gasteiger charge is 2.48. The number of hydrogen-bond acceptors (Lipinski definition) is 5. The number of aromatic nitrogens is 2. The van der Waals surface area contributed by atoms with Gasteiger partial charge in [0, 0.05) is 30.9 Å². The van der Waals surface area contributed by atoms with Gasteiger partial charge in [0.05, 0.1) is 11.2 Å². The number of aryl methyl sites for hydroxylation is 2. The Balaban J connectivity index is 1.53. The summed E-state index contributed by atoms with van der Waals surface area (Å²) in [5.74, 6) is -2.65. The lowest BCUT2D eigenvalue weighted by Gasteiger charge is -2.35. The van der Waals surface area contributed by atoms with E-state index in [0.29, 0.717) is 36.6 Å². The number of sulfone groups is 1. The fourth-order valence-corrected chi connectivity index (χ4v) is 5.57. The Labute approximate surface area is 189 Å². The maximum atomic E-state index is 14.8. The van der Waals surface area contributed by atoms with Gasteiger partial charge in [-0.15, -0.1) is 0 Å². The van der Waals surface area contributed by atoms with Gasteiger partial charge in [0.15, 0.2) is 9.84 Å². The Hall–Kier alpha value is -2.82. The van der Waals surface area contributed by atoms with Crippen molar-refractivity contribution in [3.8, 4) is 0 Å². The molecule has 1 aliphatic heterocycles. The Kier molecular flexibility index (Phi) is 5.07. The van der Waals surface area contributed by atoms with Gasteiger partial charge in [-0.2, -0.15) is 5.10 Å². The summed E-state index contributed by atoms with van der Waals surface area (Å²) < 4.78 is 53.1. The molecule has 2 N–H and O–H groups in total. The number of carbonyl (C=O) groups is 2. The van der Waals surface area contributed by atoms with Gasteiger partial charge < -0.3 is 10.6 Å². The molecule has 1 spiro atoms. The van der Waals surface area contributed by atoms with Crippen LogP contribution in [0.25, 0.3) is 0 Å². The van der Waals surface area contributed by atoms with Crippen LogP contribution in [0.5, 0.6) is 0 Å². The summed E-state index contributed by atoms with van der Waals surface area (Å²) in [4.78, 5) is 25.6. The van der Waals surface area contributed by atoms with Gasteiger partial charge in [0.25, 0.3) is 5.91 Å². The summed E-state index contributed by atoms with van der Waals surface area (Å²) in [5.41, 5.74) is 0.320. The highest BCUT2D eigenvalue weighted by Crippen LogP contribution is 2.45. The number of rotatable bonds is 6. The largest absolute Gasteiger partial charge is 0.342 e. The van der Waals surface area contributed by atoms with Gasteiger partial charge in [-0.3, -0.25) is 9.59 Å². The van der Waals surface area contributed by atoms with Gasteiger partial charge in [-0.25, -0.2) is 21.9 Å². The van der Waals surface area contributed by atoms with Crippen molar-refractivity contribution in [1.82, 2.24) is 15.1 Å². The van der Waals surface area contributed by atoms with Gasteiger partial charge >= 0.3 is 0 Å². The summed E-state index contributed by atoms with van der Waals surface area (Å²) in [6.45, 7) is 0.461. The Morgan fingerprint density at radius 1 is 1.33 bits per heavy atom. The van der Waals surface area contributed by atoms with Gasteiger partial charge in [-0.1, -0.05) is 12.8 Å². The van der Waals surface area contributed by atoms with E-state index in [0.717, 1.165) is 31.6 Å². The summed E-state index contributed by atoms with van der Waals surface area (Å²) in [5, 5.41) is 10.0. The van der Waals surface area contributed by atoms with E-state index in [4.69, 9.17) is 0 Å². The van der Waals surface area contributed by atoms with E-state index < -0.39 is 44.6 Å². The molecule has 1 aromatic heterocycles. The molecule has 0 radical (unpaired) electrons. The molecule has 1 atom stereocenters. The molecule has 2 aliphatic carbocycles. The van der Waals surface area contributed by atoms with Crippen molar-refractivity contribution in [2.24, 2.45) is 5.92 Å². The van der Waals surface area contributed by atoms with Crippen LogP contribution in [0.15, 0.2) is 12.1 Å². The molecule has 176 valence electrons. The lowest BCUT2D eigenvalue weighted by atomic mass is 9.82. The summed E-state index contributed by atoms with van der Waals surface area (Å²) in [7, 11) is -3.56. The first-order valence-corrected chi connectivity index (χ1v) is 13.0. The second kappa shape index (κ2) is 7.61. The van der Waals surface area contributed by atoms with E-state index in [1.54, 1.807) is 4.68 Å². The zero-order valence-electron chi connectivity index (χ0n) is 18.1. The minimum absolute atomic E-state index is 0.157. The normalized spacial score (nSPS) is 21.6. The first-order chi connectivity index (χ1) is 15.5. The fourth-order valence-electron chi connectivity index (χ4n) is 5.02. The number of amides is 2. The molecule has 3 aliphatic rings. The monoisotopic (exact) mass is 478 g/mol. The molecule has 0 saturated heterocycles. The second-order valence-electron chi connectivity index (χ2n) is 9.38. The zero-order chi connectivity index (χ0) is 23.5. The smallest absolute Gasteiger partial charge is 0.257 e. The van der Waals surface area contributed by atoms with Crippen molar-refractivity contribution in [1.29, 1.82) is 0 Å². The van der Waals surface area contributed by atoms with Crippen molar-refractivity contribution in [3.05, 3.63) is 46.2 Å². The molecular formula is C22H24F2N4O4S. The number of fused-ring (bicyclic) bond motifs is 3. The summed E-state index contributed by atoms with van der Waals surface area (Å²) in [6.07, 6.45) is 5.02. The lowest BCUT2D eigenvalue weighted by molar-refractivity contribution is -0.113. The van der Waals surface area contributed by atoms with Gasteiger partial charge in [-0.05, 0) is 36.8 Å². The highest BCUT2D eigenvalue weighted by molar-refractivity contribution is 7.91. The van der Waals surface area contributed by atoms with Crippen LogP contribution in [0.4, 0.5) is 14.6 Å². The van der Waals surface area contributed by atoms with Crippen LogP contribution in [-0.4, -0.2) is 42.0 Å². The highest BCUT2D eigenvalue weighted by atomic mass is 32.2. The third-order valence-corrected chi connectivity index (χ3v) is 7.39. The molecule has 2 heterocycles. The Morgan fingerprint density at radius 2 is 2.09 bits per heavy atom. The predicted molar refractivity (Wildman–Crippen MR) is 115 cm³/mol. The molecule has 5 rings (SSSR count). The minimum atomic E-state index is -3.56. The van der Waals surface area contributed by atoms with E-state index >= 15 is 0 Å². The van der Waals surface area contributed by atoms with Crippen molar-refractivity contribution in [2.45, 2.75) is 50.6 Å². The quantitative estimate of drug-likeness (QED) is 0.661. The maximum absolute atomic E-state index is 14.8. The Bertz CT molecular complexity index is 1290. The lowest BCUT2D eigenvalue weighted by Crippen LogP contribution is -2.50. The molecule has 1 fully saturated rings. The molecule has 1 saturated carbocycles. The number of hydrogen-bond donors (Lipinski definition) is 2. The molecule has 33 heavy (non-hydrogen) atoms. The average Bonchev–Trinajstić information content (AvgIpc) is 3.37. The number of nitrogens with zero attached hydrogens (tertiary/aromatic N) is 2. The van der Waals surface area contributed by atoms with Crippen LogP contribution in [0.2, 0.25) is 0 Å². The summed E-state index contributed by atoms with van der Waals surface area (Å²) >= 11 is 0. The molecule has 0 bridgehead atoms. The van der Waals surface area contributed by atoms with E-state index in [1.165, 1.54) is 6.07 Å². The summed E-state index contributed by atoms with van der Waals surface area (Å²) in [6, 6.07) is 2.11. The molecule has 1 aromatic carbocycles. The van der Waals surface area contributed by atoms with E-state index in [9.17, 15) is 26.8 Å². The first kappa shape index (κ1) is 22.0. The van der Waals surface area contributed by atoms with Crippen LogP contribution in [0.3, 0.4) is 0 Å². The molecule has 11 heteroatoms. The van der Waals surface area contributed by atoms with Crippen LogP contribution in [-0.2, 0) is 39.6 Å². The first-order valence-electron chi connectivity index (χ1n) is 10.9. The Morgan fingerprint density at radius 3 is 2.79 bits per heavy atom. The molecular weight excluding hydrogens is 454 g/mol. The number of anilines is 1. The van der Waals surface area contributed by atoms with Gasteiger partial charge in [0.2, 0.25) is 5.91 Å². The van der Waals surface area contributed by atoms with E-state index in [1.807, 2.05) is 0 Å². The third-order valence-electron chi connectivity index (χ3n) is 6.61. The van der Waals surface area contributed by atoms with Crippen molar-refractivity contribution in [3.63, 3.8) is 0 Å². The zero-order valence-corrected chi connectivity index (χ0v) is 18.9. The van der Waals surface area contributed by atoms with Crippen molar-refractivity contribution >= 4 is 27.5 Å². The van der Waals surface area contributed by atoms with E-state index in [2.05, 4.69) is 15.7 Å². The van der Waals surface area contributed by atoms with Crippen molar-refractivity contribution < 1.29 is 26.8 Å². The van der Waals surface area contributed by atoms with Gasteiger partial charge in [0.1, 0.15) is 28.8 Å². The van der Waals surface area contributed by atoms with Crippen LogP contribution in [0.1, 0.15) is 52.9 Å². The van der Waals surface area contributed by atoms with Crippen molar-refractivity contribution in [2.75, 3.05) is 17.3 Å². The maximum Gasteiger partial charge on any atom is 0.257 e. The molecule has 0 unspecified atom stereocenters. The van der Waals surface area contributed by atoms with Crippen LogP contribution in [0, 0.1) is 17.6 Å². The minimum Gasteiger partial charge on any atom is -0.342 e. The van der Waals surface area contributed by atoms with Crippen LogP contribution >= 0.6 is 0 Å². The van der Waals surface area contributed by atoms with Crippen LogP contribution < -0.4 is 10.6 Å². The predicted octanol–water partition coefficient (Wildman–Crippen LogP) is 2.07. The standard InChI is InChI=1S/C22H24F2N4O4S/c1-33(31,32)11-17(29)25-20-18-16(27-28(20)7-5-12-2-3-12)10-22(26-21(18)30)6-4-13-8-14(23)9-15(24)19(13)22/h8-9,12H,2-7,10-11H2,1H3,(H,25,29)(H,26,30)/t22-/m0/s1.